The van der Waals surface area contributed by atoms with Crippen molar-refractivity contribution in [1.82, 2.24) is 19.9 Å². The molecule has 0 aliphatic carbocycles. The minimum absolute atomic E-state index is 0.123. The third-order valence-electron chi connectivity index (χ3n) is 5.78. The van der Waals surface area contributed by atoms with Crippen LogP contribution in [0.25, 0.3) is 11.5 Å². The Hall–Kier alpha value is -3.40. The molecule has 4 rings (SSSR count). The highest BCUT2D eigenvalue weighted by molar-refractivity contribution is 6.00. The van der Waals surface area contributed by atoms with Gasteiger partial charge in [0.25, 0.3) is 11.8 Å². The van der Waals surface area contributed by atoms with Crippen LogP contribution in [0.15, 0.2) is 40.9 Å². The molecule has 180 valence electrons. The summed E-state index contributed by atoms with van der Waals surface area (Å²) in [4.78, 5) is 21.4. The molecule has 0 spiro atoms. The van der Waals surface area contributed by atoms with E-state index in [1.807, 2.05) is 19.1 Å². The zero-order valence-corrected chi connectivity index (χ0v) is 19.1. The fourth-order valence-electron chi connectivity index (χ4n) is 4.08. The molecule has 0 unspecified atom stereocenters. The van der Waals surface area contributed by atoms with Crippen molar-refractivity contribution in [3.63, 3.8) is 0 Å². The maximum absolute atomic E-state index is 13.0. The van der Waals surface area contributed by atoms with Crippen molar-refractivity contribution in [2.24, 2.45) is 0 Å². The molecule has 2 heterocycles. The highest BCUT2D eigenvalue weighted by Gasteiger charge is 2.32. The van der Waals surface area contributed by atoms with E-state index in [1.54, 1.807) is 4.90 Å². The van der Waals surface area contributed by atoms with Gasteiger partial charge < -0.3 is 14.2 Å². The lowest BCUT2D eigenvalue weighted by Crippen LogP contribution is -2.23. The molecule has 7 nitrogen and oxygen atoms in total. The third kappa shape index (κ3) is 5.22. The maximum atomic E-state index is 13.0. The standard InChI is InChI=1S/C24H25F3N4O3/c1-4-30(5-2)14-20-28-22(34-29-20)17-10-15(3)21-18(11-17)13-31(23(21)32)12-16-6-8-19(9-7-16)33-24(25,26)27/h6-11H,4-5,12-14H2,1-3H3. The molecule has 2 aromatic carbocycles. The first kappa shape index (κ1) is 23.7. The summed E-state index contributed by atoms with van der Waals surface area (Å²) in [7, 11) is 0. The minimum Gasteiger partial charge on any atom is -0.406 e. The normalized spacial score (nSPS) is 13.6. The van der Waals surface area contributed by atoms with Crippen LogP contribution in [0.4, 0.5) is 13.2 Å². The van der Waals surface area contributed by atoms with E-state index in [0.717, 1.165) is 29.8 Å². The summed E-state index contributed by atoms with van der Waals surface area (Å²) >= 11 is 0. The number of aromatic nitrogens is 2. The van der Waals surface area contributed by atoms with E-state index in [0.29, 0.717) is 35.9 Å². The molecule has 1 aromatic heterocycles. The first-order chi connectivity index (χ1) is 16.2. The summed E-state index contributed by atoms with van der Waals surface area (Å²) in [5.41, 5.74) is 3.73. The molecule has 0 saturated heterocycles. The first-order valence-corrected chi connectivity index (χ1v) is 11.0. The molecule has 0 fully saturated rings. The lowest BCUT2D eigenvalue weighted by atomic mass is 10.0. The summed E-state index contributed by atoms with van der Waals surface area (Å²) in [6.07, 6.45) is -4.74. The van der Waals surface area contributed by atoms with Crippen molar-refractivity contribution in [2.45, 2.75) is 46.8 Å². The number of carbonyl (C=O) groups is 1. The molecule has 3 aromatic rings. The fraction of sp³-hybridized carbons (Fsp3) is 0.375. The number of fused-ring (bicyclic) bond motifs is 1. The Kier molecular flexibility index (Phi) is 6.60. The highest BCUT2D eigenvalue weighted by Crippen LogP contribution is 2.32. The van der Waals surface area contributed by atoms with Crippen LogP contribution in [0.1, 0.15) is 46.7 Å². The van der Waals surface area contributed by atoms with Gasteiger partial charge in [-0.15, -0.1) is 13.2 Å². The molecule has 0 radical (unpaired) electrons. The molecule has 1 aliphatic heterocycles. The molecular formula is C24H25F3N4O3. The number of halogens is 3. The van der Waals surface area contributed by atoms with Crippen molar-refractivity contribution in [3.8, 4) is 17.2 Å². The molecule has 10 heteroatoms. The van der Waals surface area contributed by atoms with Crippen LogP contribution >= 0.6 is 0 Å². The Morgan fingerprint density at radius 3 is 2.50 bits per heavy atom. The van der Waals surface area contributed by atoms with Crippen LogP contribution in [0.3, 0.4) is 0 Å². The molecule has 0 saturated carbocycles. The van der Waals surface area contributed by atoms with Gasteiger partial charge in [0.2, 0.25) is 0 Å². The van der Waals surface area contributed by atoms with Crippen molar-refractivity contribution in [1.29, 1.82) is 0 Å². The van der Waals surface area contributed by atoms with Gasteiger partial charge in [0.15, 0.2) is 5.82 Å². The second-order valence-corrected chi connectivity index (χ2v) is 8.16. The predicted molar refractivity (Wildman–Crippen MR) is 118 cm³/mol. The van der Waals surface area contributed by atoms with Gasteiger partial charge in [-0.2, -0.15) is 4.98 Å². The molecule has 0 atom stereocenters. The molecule has 0 N–H and O–H groups in total. The van der Waals surface area contributed by atoms with E-state index in [-0.39, 0.29) is 18.2 Å². The highest BCUT2D eigenvalue weighted by atomic mass is 19.4. The number of ether oxygens (including phenoxy) is 1. The summed E-state index contributed by atoms with van der Waals surface area (Å²) in [6, 6.07) is 9.26. The number of benzene rings is 2. The third-order valence-corrected chi connectivity index (χ3v) is 5.78. The molecule has 1 aliphatic rings. The molecular weight excluding hydrogens is 449 g/mol. The number of aryl methyl sites for hydroxylation is 1. The Balaban J connectivity index is 1.49. The van der Waals surface area contributed by atoms with Gasteiger partial charge in [-0.1, -0.05) is 31.1 Å². The van der Waals surface area contributed by atoms with Gasteiger partial charge >= 0.3 is 6.36 Å². The van der Waals surface area contributed by atoms with E-state index in [2.05, 4.69) is 33.6 Å². The summed E-state index contributed by atoms with van der Waals surface area (Å²) < 4.78 is 46.5. The zero-order chi connectivity index (χ0) is 24.5. The van der Waals surface area contributed by atoms with E-state index >= 15 is 0 Å². The van der Waals surface area contributed by atoms with Gasteiger partial charge in [0.05, 0.1) is 6.54 Å². The van der Waals surface area contributed by atoms with Crippen LogP contribution in [-0.4, -0.2) is 45.3 Å². The second kappa shape index (κ2) is 9.46. The van der Waals surface area contributed by atoms with Gasteiger partial charge in [-0.25, -0.2) is 0 Å². The van der Waals surface area contributed by atoms with Crippen LogP contribution in [0, 0.1) is 6.92 Å². The number of alkyl halides is 3. The summed E-state index contributed by atoms with van der Waals surface area (Å²) in [6.45, 7) is 9.01. The number of amides is 1. The lowest BCUT2D eigenvalue weighted by Gasteiger charge is -2.16. The monoisotopic (exact) mass is 474 g/mol. The largest absolute Gasteiger partial charge is 0.573 e. The van der Waals surface area contributed by atoms with E-state index in [1.165, 1.54) is 24.3 Å². The average molecular weight is 474 g/mol. The average Bonchev–Trinajstić information content (AvgIpc) is 3.37. The van der Waals surface area contributed by atoms with Crippen molar-refractivity contribution >= 4 is 5.91 Å². The Morgan fingerprint density at radius 1 is 1.15 bits per heavy atom. The minimum atomic E-state index is -4.74. The summed E-state index contributed by atoms with van der Waals surface area (Å²) in [5.74, 6) is 0.585. The van der Waals surface area contributed by atoms with Crippen molar-refractivity contribution in [2.75, 3.05) is 13.1 Å². The SMILES string of the molecule is CCN(CC)Cc1noc(-c2cc(C)c3c(c2)CN(Cc2ccc(OC(F)(F)F)cc2)C3=O)n1. The number of carbonyl (C=O) groups excluding carboxylic acids is 1. The van der Waals surface area contributed by atoms with Crippen LogP contribution in [0.5, 0.6) is 5.75 Å². The van der Waals surface area contributed by atoms with Crippen LogP contribution in [0.2, 0.25) is 0 Å². The zero-order valence-electron chi connectivity index (χ0n) is 19.1. The van der Waals surface area contributed by atoms with Crippen molar-refractivity contribution in [3.05, 3.63) is 64.5 Å². The number of hydrogen-bond acceptors (Lipinski definition) is 6. The molecule has 0 bridgehead atoms. The van der Waals surface area contributed by atoms with Crippen LogP contribution in [-0.2, 0) is 19.6 Å². The van der Waals surface area contributed by atoms with Gasteiger partial charge in [-0.05, 0) is 61.0 Å². The predicted octanol–water partition coefficient (Wildman–Crippen LogP) is 4.94. The Morgan fingerprint density at radius 2 is 1.85 bits per heavy atom. The summed E-state index contributed by atoms with van der Waals surface area (Å²) in [5, 5.41) is 4.08. The van der Waals surface area contributed by atoms with Gasteiger partial charge in [0.1, 0.15) is 5.75 Å². The Labute approximate surface area is 195 Å². The second-order valence-electron chi connectivity index (χ2n) is 8.16. The van der Waals surface area contributed by atoms with E-state index in [9.17, 15) is 18.0 Å². The topological polar surface area (TPSA) is 71.7 Å². The number of hydrogen-bond donors (Lipinski definition) is 0. The van der Waals surface area contributed by atoms with Gasteiger partial charge in [-0.3, -0.25) is 9.69 Å². The van der Waals surface area contributed by atoms with Crippen LogP contribution < -0.4 is 4.74 Å². The number of nitrogens with zero attached hydrogens (tertiary/aromatic N) is 4. The smallest absolute Gasteiger partial charge is 0.406 e. The van der Waals surface area contributed by atoms with Gasteiger partial charge in [0, 0.05) is 24.2 Å². The number of rotatable bonds is 8. The first-order valence-electron chi connectivity index (χ1n) is 11.0. The Bertz CT molecular complexity index is 1170. The quantitative estimate of drug-likeness (QED) is 0.461. The lowest BCUT2D eigenvalue weighted by molar-refractivity contribution is -0.274. The molecule has 1 amide bonds. The van der Waals surface area contributed by atoms with E-state index < -0.39 is 6.36 Å². The van der Waals surface area contributed by atoms with Crippen molar-refractivity contribution < 1.29 is 27.2 Å². The fourth-order valence-corrected chi connectivity index (χ4v) is 4.08. The maximum Gasteiger partial charge on any atom is 0.573 e. The van der Waals surface area contributed by atoms with E-state index in [4.69, 9.17) is 4.52 Å². The molecule has 34 heavy (non-hydrogen) atoms.